The van der Waals surface area contributed by atoms with Gasteiger partial charge in [0.25, 0.3) is 0 Å². The van der Waals surface area contributed by atoms with Crippen LogP contribution in [0, 0.1) is 46.3 Å². The normalized spacial score (nSPS) is 46.2. The number of carbonyl (C=O) groups excluding carboxylic acids is 1. The molecule has 1 aliphatic heterocycles. The highest BCUT2D eigenvalue weighted by molar-refractivity contribution is 5.69. The van der Waals surface area contributed by atoms with Gasteiger partial charge in [-0.25, -0.2) is 0 Å². The second-order valence-electron chi connectivity index (χ2n) is 13.5. The molecule has 0 amide bonds. The van der Waals surface area contributed by atoms with Gasteiger partial charge in [-0.15, -0.1) is 0 Å². The molecule has 4 aliphatic carbocycles. The molecule has 4 heteroatoms. The monoisotopic (exact) mass is 488 g/mol. The van der Waals surface area contributed by atoms with Gasteiger partial charge in [0.1, 0.15) is 0 Å². The topological polar surface area (TPSA) is 44.8 Å². The van der Waals surface area contributed by atoms with Crippen LogP contribution in [0.3, 0.4) is 0 Å². The third-order valence-corrected chi connectivity index (χ3v) is 12.0. The highest BCUT2D eigenvalue weighted by atomic mass is 16.7. The lowest BCUT2D eigenvalue weighted by molar-refractivity contribution is -0.212. The Kier molecular flexibility index (Phi) is 7.91. The van der Waals surface area contributed by atoms with E-state index in [1.54, 1.807) is 0 Å². The molecule has 0 aromatic rings. The number of hydrogen-bond acceptors (Lipinski definition) is 4. The Morgan fingerprint density at radius 1 is 0.971 bits per heavy atom. The summed E-state index contributed by atoms with van der Waals surface area (Å²) >= 11 is 0. The Morgan fingerprint density at radius 2 is 1.77 bits per heavy atom. The van der Waals surface area contributed by atoms with E-state index in [0.717, 1.165) is 49.0 Å². The van der Waals surface area contributed by atoms with Crippen molar-refractivity contribution in [1.82, 2.24) is 0 Å². The summed E-state index contributed by atoms with van der Waals surface area (Å²) in [7, 11) is 0. The lowest BCUT2D eigenvalue weighted by Gasteiger charge is -2.61. The highest BCUT2D eigenvalue weighted by Crippen LogP contribution is 2.68. The predicted octanol–water partition coefficient (Wildman–Crippen LogP) is 7.54. The molecule has 200 valence electrons. The molecule has 5 rings (SSSR count). The van der Waals surface area contributed by atoms with Crippen LogP contribution < -0.4 is 0 Å². The van der Waals surface area contributed by atoms with Crippen molar-refractivity contribution in [2.75, 3.05) is 13.2 Å². The van der Waals surface area contributed by atoms with Gasteiger partial charge in [-0.3, -0.25) is 4.79 Å². The van der Waals surface area contributed by atoms with E-state index in [1.165, 1.54) is 70.6 Å². The van der Waals surface area contributed by atoms with E-state index in [0.29, 0.717) is 35.9 Å². The maximum atomic E-state index is 12.0. The van der Waals surface area contributed by atoms with Gasteiger partial charge in [-0.05, 0) is 137 Å². The molecule has 0 radical (unpaired) electrons. The fourth-order valence-corrected chi connectivity index (χ4v) is 10.1. The number of esters is 1. The minimum atomic E-state index is -0.0105. The first-order valence-corrected chi connectivity index (χ1v) is 15.3. The minimum Gasteiger partial charge on any atom is -0.466 e. The molecule has 4 nitrogen and oxygen atoms in total. The van der Waals surface area contributed by atoms with E-state index in [4.69, 9.17) is 14.2 Å². The van der Waals surface area contributed by atoms with Crippen molar-refractivity contribution in [2.24, 2.45) is 46.3 Å². The quantitative estimate of drug-likeness (QED) is 0.274. The van der Waals surface area contributed by atoms with Crippen molar-refractivity contribution in [3.8, 4) is 0 Å². The summed E-state index contributed by atoms with van der Waals surface area (Å²) in [4.78, 5) is 12.0. The van der Waals surface area contributed by atoms with E-state index < -0.39 is 0 Å². The Morgan fingerprint density at radius 3 is 2.54 bits per heavy atom. The largest absolute Gasteiger partial charge is 0.466 e. The lowest BCUT2D eigenvalue weighted by atomic mass is 9.44. The Balaban J connectivity index is 1.21. The number of hydrogen-bond donors (Lipinski definition) is 0. The van der Waals surface area contributed by atoms with Gasteiger partial charge < -0.3 is 14.2 Å². The molecule has 10 atom stereocenters. The van der Waals surface area contributed by atoms with E-state index in [9.17, 15) is 4.79 Å². The van der Waals surface area contributed by atoms with Crippen molar-refractivity contribution < 1.29 is 19.0 Å². The number of rotatable bonds is 7. The molecular formula is C31H52O4. The number of ether oxygens (including phenoxy) is 3. The van der Waals surface area contributed by atoms with Crippen molar-refractivity contribution in [3.05, 3.63) is 0 Å². The van der Waals surface area contributed by atoms with E-state index in [2.05, 4.69) is 20.8 Å². The molecule has 1 saturated heterocycles. The molecule has 0 spiro atoms. The second-order valence-corrected chi connectivity index (χ2v) is 13.5. The van der Waals surface area contributed by atoms with Crippen LogP contribution >= 0.6 is 0 Å². The average molecular weight is 489 g/mol. The van der Waals surface area contributed by atoms with Gasteiger partial charge >= 0.3 is 5.97 Å². The molecule has 0 N–H and O–H groups in total. The maximum Gasteiger partial charge on any atom is 0.305 e. The molecule has 0 aromatic carbocycles. The van der Waals surface area contributed by atoms with Crippen molar-refractivity contribution in [2.45, 2.75) is 130 Å². The average Bonchev–Trinajstić information content (AvgIpc) is 3.21. The SMILES string of the molecule is CCOC(=O)CC[C@@H](C)C1CC[C@H]2C3CC[C@@H]4C[C@H](OC5CCCCO5)CC[C@]4(C)C3CC[C@]12C. The van der Waals surface area contributed by atoms with Crippen LogP contribution in [0.25, 0.3) is 0 Å². The first-order chi connectivity index (χ1) is 16.8. The molecule has 35 heavy (non-hydrogen) atoms. The fraction of sp³-hybridized carbons (Fsp3) is 0.968. The van der Waals surface area contributed by atoms with Gasteiger partial charge in [-0.2, -0.15) is 0 Å². The summed E-state index contributed by atoms with van der Waals surface area (Å²) < 4.78 is 17.6. The van der Waals surface area contributed by atoms with Gasteiger partial charge in [0.05, 0.1) is 12.7 Å². The van der Waals surface area contributed by atoms with Crippen molar-refractivity contribution in [1.29, 1.82) is 0 Å². The van der Waals surface area contributed by atoms with Gasteiger partial charge in [0.2, 0.25) is 0 Å². The molecule has 0 aromatic heterocycles. The van der Waals surface area contributed by atoms with Crippen molar-refractivity contribution in [3.63, 3.8) is 0 Å². The third kappa shape index (κ3) is 4.97. The van der Waals surface area contributed by atoms with Crippen LogP contribution in [0.2, 0.25) is 0 Å². The second kappa shape index (κ2) is 10.6. The van der Waals surface area contributed by atoms with E-state index in [1.807, 2.05) is 6.92 Å². The molecule has 4 unspecified atom stereocenters. The Hall–Kier alpha value is -0.610. The van der Waals surface area contributed by atoms with Crippen LogP contribution in [0.15, 0.2) is 0 Å². The van der Waals surface area contributed by atoms with Crippen LogP contribution in [-0.4, -0.2) is 31.6 Å². The number of carbonyl (C=O) groups is 1. The van der Waals surface area contributed by atoms with Crippen LogP contribution in [0.1, 0.15) is 118 Å². The summed E-state index contributed by atoms with van der Waals surface area (Å²) in [6.45, 7) is 11.0. The zero-order chi connectivity index (χ0) is 24.6. The smallest absolute Gasteiger partial charge is 0.305 e. The highest BCUT2D eigenvalue weighted by Gasteiger charge is 2.60. The van der Waals surface area contributed by atoms with Crippen LogP contribution in [0.4, 0.5) is 0 Å². The van der Waals surface area contributed by atoms with Gasteiger partial charge in [0.15, 0.2) is 6.29 Å². The molecule has 5 fully saturated rings. The Labute approximate surface area is 214 Å². The van der Waals surface area contributed by atoms with Crippen LogP contribution in [0.5, 0.6) is 0 Å². The molecule has 5 aliphatic rings. The van der Waals surface area contributed by atoms with Gasteiger partial charge in [-0.1, -0.05) is 20.8 Å². The van der Waals surface area contributed by atoms with Crippen LogP contribution in [-0.2, 0) is 19.0 Å². The first-order valence-electron chi connectivity index (χ1n) is 15.3. The maximum absolute atomic E-state index is 12.0. The molecular weight excluding hydrogens is 436 g/mol. The molecule has 4 saturated carbocycles. The first kappa shape index (κ1) is 26.0. The Bertz CT molecular complexity index is 731. The predicted molar refractivity (Wildman–Crippen MR) is 139 cm³/mol. The van der Waals surface area contributed by atoms with Gasteiger partial charge in [0, 0.05) is 13.0 Å². The van der Waals surface area contributed by atoms with E-state index in [-0.39, 0.29) is 12.3 Å². The zero-order valence-electron chi connectivity index (χ0n) is 23.1. The number of fused-ring (bicyclic) bond motifs is 5. The zero-order valence-corrected chi connectivity index (χ0v) is 23.1. The summed E-state index contributed by atoms with van der Waals surface area (Å²) in [5, 5.41) is 0. The summed E-state index contributed by atoms with van der Waals surface area (Å²) in [5.74, 6) is 4.91. The lowest BCUT2D eigenvalue weighted by Crippen LogP contribution is -2.54. The third-order valence-electron chi connectivity index (χ3n) is 12.0. The van der Waals surface area contributed by atoms with Crippen molar-refractivity contribution >= 4 is 5.97 Å². The summed E-state index contributed by atoms with van der Waals surface area (Å²) in [5.41, 5.74) is 0.974. The fourth-order valence-electron chi connectivity index (χ4n) is 10.1. The molecule has 0 bridgehead atoms. The standard InChI is InChI=1S/C31H52O4/c1-5-33-28(32)14-9-21(2)25-12-13-26-24-11-10-22-20-23(35-29-8-6-7-19-34-29)15-17-30(22,3)27(24)16-18-31(25,26)4/h21-27,29H,5-20H2,1-4H3/t21-,22-,23-,24?,25?,26+,27?,29?,30+,31-/m1/s1. The van der Waals surface area contributed by atoms with E-state index >= 15 is 0 Å². The summed E-state index contributed by atoms with van der Waals surface area (Å²) in [6.07, 6.45) is 17.9. The minimum absolute atomic E-state index is 0.0105. The molecule has 1 heterocycles. The summed E-state index contributed by atoms with van der Waals surface area (Å²) in [6, 6.07) is 0.